The molecule has 9 nitrogen and oxygen atoms in total. The van der Waals surface area contributed by atoms with Crippen LogP contribution in [0, 0.1) is 11.7 Å². The highest BCUT2D eigenvalue weighted by molar-refractivity contribution is 7.99. The molecular weight excluding hydrogens is 473 g/mol. The van der Waals surface area contributed by atoms with Gasteiger partial charge in [-0.25, -0.2) is 4.39 Å². The zero-order valence-electron chi connectivity index (χ0n) is 19.0. The van der Waals surface area contributed by atoms with Crippen molar-refractivity contribution < 1.29 is 19.0 Å². The summed E-state index contributed by atoms with van der Waals surface area (Å²) >= 11 is 1.66. The number of aromatic nitrogens is 3. The minimum atomic E-state index is -0.563. The molecule has 0 radical (unpaired) electrons. The smallest absolute Gasteiger partial charge is 0.251 e. The lowest BCUT2D eigenvalue weighted by Gasteiger charge is -2.39. The van der Waals surface area contributed by atoms with Gasteiger partial charge in [0.15, 0.2) is 17.3 Å². The molecule has 3 atom stereocenters. The molecule has 0 spiro atoms. The molecule has 2 unspecified atom stereocenters. The lowest BCUT2D eigenvalue weighted by atomic mass is 9.94. The van der Waals surface area contributed by atoms with Crippen LogP contribution in [0.4, 0.5) is 4.39 Å². The molecule has 0 bridgehead atoms. The van der Waals surface area contributed by atoms with Crippen LogP contribution in [-0.2, 0) is 6.54 Å². The van der Waals surface area contributed by atoms with Crippen LogP contribution in [0.5, 0.6) is 11.5 Å². The van der Waals surface area contributed by atoms with Crippen molar-refractivity contribution in [1.82, 2.24) is 24.8 Å². The molecule has 6 rings (SSSR count). The molecule has 3 aliphatic heterocycles. The normalized spacial score (nSPS) is 23.7. The third kappa shape index (κ3) is 4.37. The topological polar surface area (TPSA) is 102 Å². The van der Waals surface area contributed by atoms with Gasteiger partial charge in [0.25, 0.3) is 5.56 Å². The van der Waals surface area contributed by atoms with Gasteiger partial charge in [-0.15, -0.1) is 0 Å². The second kappa shape index (κ2) is 9.38. The van der Waals surface area contributed by atoms with E-state index in [2.05, 4.69) is 20.2 Å². The first-order valence-corrected chi connectivity index (χ1v) is 12.7. The first kappa shape index (κ1) is 22.7. The molecule has 184 valence electrons. The Labute approximate surface area is 205 Å². The fourth-order valence-corrected chi connectivity index (χ4v) is 5.93. The van der Waals surface area contributed by atoms with E-state index in [1.165, 1.54) is 6.07 Å². The van der Waals surface area contributed by atoms with Crippen LogP contribution in [0.1, 0.15) is 18.2 Å². The monoisotopic (exact) mass is 499 g/mol. The lowest BCUT2D eigenvalue weighted by molar-refractivity contribution is 0.0184. The molecule has 0 aromatic carbocycles. The minimum Gasteiger partial charge on any atom is -0.486 e. The number of hydrogen-bond donors (Lipinski definition) is 2. The maximum absolute atomic E-state index is 14.3. The van der Waals surface area contributed by atoms with Crippen LogP contribution in [0.2, 0.25) is 0 Å². The van der Waals surface area contributed by atoms with Crippen LogP contribution >= 0.6 is 11.8 Å². The molecule has 3 aromatic rings. The molecule has 35 heavy (non-hydrogen) atoms. The first-order valence-electron chi connectivity index (χ1n) is 11.7. The summed E-state index contributed by atoms with van der Waals surface area (Å²) in [6.45, 7) is 3.44. The summed E-state index contributed by atoms with van der Waals surface area (Å²) in [5.74, 6) is 1.03. The van der Waals surface area contributed by atoms with Crippen molar-refractivity contribution in [3.63, 3.8) is 0 Å². The van der Waals surface area contributed by atoms with Crippen molar-refractivity contribution in [2.24, 2.45) is 5.92 Å². The lowest BCUT2D eigenvalue weighted by Crippen LogP contribution is -2.49. The number of thioether (sulfide) groups is 1. The molecule has 1 saturated heterocycles. The van der Waals surface area contributed by atoms with Crippen LogP contribution in [0.25, 0.3) is 11.0 Å². The number of likely N-dealkylation sites (tertiary alicyclic amines) is 1. The zero-order chi connectivity index (χ0) is 23.9. The molecule has 0 aliphatic carbocycles. The van der Waals surface area contributed by atoms with Gasteiger partial charge in [-0.2, -0.15) is 0 Å². The van der Waals surface area contributed by atoms with E-state index in [0.29, 0.717) is 49.6 Å². The molecule has 0 amide bonds. The number of nitrogens with one attached hydrogen (secondary N) is 1. The fourth-order valence-electron chi connectivity index (χ4n) is 5.14. The number of pyridine rings is 3. The number of piperidine rings is 1. The van der Waals surface area contributed by atoms with E-state index in [9.17, 15) is 14.3 Å². The van der Waals surface area contributed by atoms with Crippen LogP contribution in [0.15, 0.2) is 40.3 Å². The van der Waals surface area contributed by atoms with Crippen molar-refractivity contribution in [2.75, 3.05) is 38.7 Å². The number of fused-ring (bicyclic) bond motifs is 1. The Balaban J connectivity index is 1.12. The van der Waals surface area contributed by atoms with E-state index < -0.39 is 11.9 Å². The number of nitrogens with zero attached hydrogens (tertiary/aromatic N) is 4. The molecule has 1 fully saturated rings. The molecule has 2 N–H and O–H groups in total. The summed E-state index contributed by atoms with van der Waals surface area (Å²) < 4.78 is 27.1. The molecular formula is C24H26FN5O4S. The SMILES string of the molecule is O=c1ccc2ncc(F)c3c2n1[C@H](CN1CCC(O)C(CNCc2cc4c(cn2)OCS4)C1)CO3. The van der Waals surface area contributed by atoms with E-state index in [1.807, 2.05) is 6.07 Å². The number of aliphatic hydroxyl groups excluding tert-OH is 1. The van der Waals surface area contributed by atoms with Gasteiger partial charge in [0.05, 0.1) is 40.6 Å². The van der Waals surface area contributed by atoms with Gasteiger partial charge in [-0.05, 0) is 18.6 Å². The molecule has 11 heteroatoms. The quantitative estimate of drug-likeness (QED) is 0.526. The van der Waals surface area contributed by atoms with Crippen LogP contribution in [0.3, 0.4) is 0 Å². The van der Waals surface area contributed by atoms with E-state index in [0.717, 1.165) is 29.1 Å². The molecule has 3 aliphatic rings. The van der Waals surface area contributed by atoms with Gasteiger partial charge in [0.1, 0.15) is 18.1 Å². The summed E-state index contributed by atoms with van der Waals surface area (Å²) in [5.41, 5.74) is 1.69. The van der Waals surface area contributed by atoms with E-state index in [1.54, 1.807) is 28.6 Å². The van der Waals surface area contributed by atoms with Crippen LogP contribution < -0.4 is 20.3 Å². The summed E-state index contributed by atoms with van der Waals surface area (Å²) in [6, 6.07) is 4.85. The molecule has 6 heterocycles. The Kier molecular flexibility index (Phi) is 6.09. The van der Waals surface area contributed by atoms with Gasteiger partial charge in [0, 0.05) is 44.7 Å². The highest BCUT2D eigenvalue weighted by Crippen LogP contribution is 2.36. The molecule has 3 aromatic heterocycles. The largest absolute Gasteiger partial charge is 0.486 e. The Morgan fingerprint density at radius 2 is 2.17 bits per heavy atom. The number of hydrogen-bond acceptors (Lipinski definition) is 9. The van der Waals surface area contributed by atoms with Gasteiger partial charge >= 0.3 is 0 Å². The van der Waals surface area contributed by atoms with Gasteiger partial charge in [0.2, 0.25) is 0 Å². The predicted molar refractivity (Wildman–Crippen MR) is 128 cm³/mol. The summed E-state index contributed by atoms with van der Waals surface area (Å²) in [7, 11) is 0. The Bertz CT molecular complexity index is 1320. The number of rotatable bonds is 6. The van der Waals surface area contributed by atoms with Crippen molar-refractivity contribution in [3.05, 3.63) is 52.5 Å². The highest BCUT2D eigenvalue weighted by atomic mass is 32.2. The van der Waals surface area contributed by atoms with E-state index >= 15 is 0 Å². The van der Waals surface area contributed by atoms with E-state index in [-0.39, 0.29) is 29.9 Å². The third-order valence-corrected chi connectivity index (χ3v) is 7.78. The Morgan fingerprint density at radius 1 is 1.26 bits per heavy atom. The standard InChI is InChI=1S/C24H26FN5O4S/c25-17-8-28-18-1-2-22(32)30-16(12-33-24(17)23(18)30)11-29-4-3-19(31)14(10-29)6-26-7-15-5-21-20(9-27-15)34-13-35-21/h1-2,5,8-9,14,16,19,26,31H,3-4,6-7,10-13H2/t14?,16-,19?/m1/s1. The zero-order valence-corrected chi connectivity index (χ0v) is 19.8. The average molecular weight is 500 g/mol. The number of halogens is 1. The third-order valence-electron chi connectivity index (χ3n) is 6.92. The maximum atomic E-state index is 14.3. The summed E-state index contributed by atoms with van der Waals surface area (Å²) in [5, 5.41) is 14.0. The number of aliphatic hydroxyl groups is 1. The average Bonchev–Trinajstić information content (AvgIpc) is 3.33. The van der Waals surface area contributed by atoms with Crippen molar-refractivity contribution in [3.8, 4) is 11.5 Å². The molecule has 0 saturated carbocycles. The fraction of sp³-hybridized carbons (Fsp3) is 0.458. The highest BCUT2D eigenvalue weighted by Gasteiger charge is 2.32. The summed E-state index contributed by atoms with van der Waals surface area (Å²) in [4.78, 5) is 24.7. The van der Waals surface area contributed by atoms with Crippen molar-refractivity contribution >= 4 is 22.8 Å². The Morgan fingerprint density at radius 3 is 3.09 bits per heavy atom. The van der Waals surface area contributed by atoms with Crippen molar-refractivity contribution in [1.29, 1.82) is 0 Å². The number of ether oxygens (including phenoxy) is 2. The summed E-state index contributed by atoms with van der Waals surface area (Å²) in [6.07, 6.45) is 3.14. The van der Waals surface area contributed by atoms with E-state index in [4.69, 9.17) is 9.47 Å². The predicted octanol–water partition coefficient (Wildman–Crippen LogP) is 1.78. The minimum absolute atomic E-state index is 0.0410. The maximum Gasteiger partial charge on any atom is 0.251 e. The van der Waals surface area contributed by atoms with Crippen molar-refractivity contribution in [2.45, 2.75) is 30.0 Å². The first-order chi connectivity index (χ1) is 17.1. The van der Waals surface area contributed by atoms with Gasteiger partial charge < -0.3 is 24.8 Å². The van der Waals surface area contributed by atoms with Gasteiger partial charge in [-0.1, -0.05) is 11.8 Å². The second-order valence-corrected chi connectivity index (χ2v) is 10.2. The Hall–Kier alpha value is -2.73. The van der Waals surface area contributed by atoms with Crippen LogP contribution in [-0.4, -0.2) is 69.4 Å². The van der Waals surface area contributed by atoms with Gasteiger partial charge in [-0.3, -0.25) is 19.3 Å². The second-order valence-electron chi connectivity index (χ2n) is 9.21.